The second-order valence-electron chi connectivity index (χ2n) is 11.3. The van der Waals surface area contributed by atoms with Gasteiger partial charge < -0.3 is 30.4 Å². The fourth-order valence-corrected chi connectivity index (χ4v) is 4.38. The molecule has 1 amide bonds. The van der Waals surface area contributed by atoms with Crippen molar-refractivity contribution in [3.63, 3.8) is 0 Å². The Morgan fingerprint density at radius 3 is 2.23 bits per heavy atom. The molecule has 4 aromatic rings. The van der Waals surface area contributed by atoms with E-state index in [1.807, 2.05) is 0 Å². The van der Waals surface area contributed by atoms with Gasteiger partial charge in [-0.2, -0.15) is 18.2 Å². The monoisotopic (exact) mass is 657 g/mol. The van der Waals surface area contributed by atoms with Crippen LogP contribution in [0.4, 0.5) is 28.3 Å². The third-order valence-electron chi connectivity index (χ3n) is 6.50. The predicted molar refractivity (Wildman–Crippen MR) is 162 cm³/mol. The van der Waals surface area contributed by atoms with Crippen LogP contribution in [0.5, 0.6) is 11.6 Å². The van der Waals surface area contributed by atoms with Crippen molar-refractivity contribution in [3.8, 4) is 34.0 Å². The number of halogens is 4. The third kappa shape index (κ3) is 9.28. The van der Waals surface area contributed by atoms with Crippen LogP contribution in [-0.4, -0.2) is 57.0 Å². The van der Waals surface area contributed by atoms with E-state index in [0.29, 0.717) is 22.4 Å². The molecule has 0 saturated heterocycles. The van der Waals surface area contributed by atoms with E-state index in [0.717, 1.165) is 18.2 Å². The number of aromatic nitrogens is 3. The summed E-state index contributed by atoms with van der Waals surface area (Å²) >= 11 is 0. The van der Waals surface area contributed by atoms with Crippen molar-refractivity contribution in [2.24, 2.45) is 0 Å². The van der Waals surface area contributed by atoms with Gasteiger partial charge in [-0.15, -0.1) is 0 Å². The SMILES string of the molecule is COc1cncc(-c2ccc([C@H](Oc3cc(-c4ccc(CC(NC(=O)OC(C)(C)C)C(=O)O)cc4)nc(N)n3)C(F)(F)F)c(F)c2)c1. The minimum Gasteiger partial charge on any atom is -0.495 e. The summed E-state index contributed by atoms with van der Waals surface area (Å²) in [5.74, 6) is -3.04. The van der Waals surface area contributed by atoms with Gasteiger partial charge in [0, 0.05) is 35.4 Å². The molecule has 47 heavy (non-hydrogen) atoms. The third-order valence-corrected chi connectivity index (χ3v) is 6.50. The first kappa shape index (κ1) is 34.4. The van der Waals surface area contributed by atoms with Crippen molar-refractivity contribution in [2.45, 2.75) is 51.1 Å². The Morgan fingerprint density at radius 2 is 1.64 bits per heavy atom. The molecule has 11 nitrogen and oxygen atoms in total. The van der Waals surface area contributed by atoms with Crippen LogP contribution < -0.4 is 20.5 Å². The topological polar surface area (TPSA) is 159 Å². The zero-order valence-electron chi connectivity index (χ0n) is 25.6. The van der Waals surface area contributed by atoms with Gasteiger partial charge in [0.2, 0.25) is 17.9 Å². The highest BCUT2D eigenvalue weighted by molar-refractivity contribution is 5.80. The number of amides is 1. The van der Waals surface area contributed by atoms with Gasteiger partial charge in [-0.1, -0.05) is 36.4 Å². The Bertz CT molecular complexity index is 1750. The number of nitrogens with zero attached hydrogens (tertiary/aromatic N) is 3. The highest BCUT2D eigenvalue weighted by atomic mass is 19.4. The lowest BCUT2D eigenvalue weighted by Gasteiger charge is -2.22. The molecule has 2 aromatic carbocycles. The molecule has 0 aliphatic carbocycles. The number of aliphatic carboxylic acids is 1. The second-order valence-corrected chi connectivity index (χ2v) is 11.3. The van der Waals surface area contributed by atoms with Crippen molar-refractivity contribution in [1.82, 2.24) is 20.3 Å². The number of hydrogen-bond acceptors (Lipinski definition) is 9. The van der Waals surface area contributed by atoms with Crippen LogP contribution >= 0.6 is 0 Å². The standard InChI is InChI=1S/C32H31F4N5O6/c1-31(2,3)47-30(44)40-25(28(42)43)11-17-5-7-18(8-6-17)24-14-26(41-29(37)39-24)46-27(32(34,35)36)22-10-9-19(13-23(22)33)20-12-21(45-4)16-38-15-20/h5-10,12-16,25,27H,11H2,1-4H3,(H,40,44)(H,42,43)(H2,37,39,41)/t25?,27-/m0/s1. The summed E-state index contributed by atoms with van der Waals surface area (Å²) < 4.78 is 73.3. The Balaban J connectivity index is 1.55. The lowest BCUT2D eigenvalue weighted by atomic mass is 10.0. The number of benzene rings is 2. The molecule has 248 valence electrons. The van der Waals surface area contributed by atoms with Crippen molar-refractivity contribution in [1.29, 1.82) is 0 Å². The predicted octanol–water partition coefficient (Wildman–Crippen LogP) is 6.14. The minimum absolute atomic E-state index is 0.0861. The maximum absolute atomic E-state index is 15.2. The molecule has 2 heterocycles. The molecule has 0 bridgehead atoms. The molecule has 1 unspecified atom stereocenters. The molecule has 2 atom stereocenters. The largest absolute Gasteiger partial charge is 0.495 e. The first-order chi connectivity index (χ1) is 22.0. The van der Waals surface area contributed by atoms with Gasteiger partial charge in [-0.25, -0.2) is 19.0 Å². The Morgan fingerprint density at radius 1 is 0.957 bits per heavy atom. The van der Waals surface area contributed by atoms with Crippen molar-refractivity contribution in [3.05, 3.63) is 83.9 Å². The van der Waals surface area contributed by atoms with E-state index in [2.05, 4.69) is 20.3 Å². The number of alkyl carbamates (subject to hydrolysis) is 1. The molecule has 4 rings (SSSR count). The summed E-state index contributed by atoms with van der Waals surface area (Å²) in [4.78, 5) is 35.6. The Labute approximate surface area is 266 Å². The highest BCUT2D eigenvalue weighted by Gasteiger charge is 2.45. The molecule has 0 fully saturated rings. The number of carboxylic acid groups (broad SMARTS) is 1. The zero-order chi connectivity index (χ0) is 34.5. The van der Waals surface area contributed by atoms with Gasteiger partial charge in [-0.05, 0) is 44.0 Å². The number of nitrogens with two attached hydrogens (primary N) is 1. The molecule has 0 radical (unpaired) electrons. The first-order valence-corrected chi connectivity index (χ1v) is 14.0. The number of rotatable bonds is 10. The lowest BCUT2D eigenvalue weighted by molar-refractivity contribution is -0.199. The number of anilines is 1. The fourth-order valence-electron chi connectivity index (χ4n) is 4.38. The van der Waals surface area contributed by atoms with Crippen LogP contribution in [0, 0.1) is 5.82 Å². The summed E-state index contributed by atoms with van der Waals surface area (Å²) in [7, 11) is 1.42. The van der Waals surface area contributed by atoms with Gasteiger partial charge in [0.1, 0.15) is 23.2 Å². The highest BCUT2D eigenvalue weighted by Crippen LogP contribution is 2.39. The number of ether oxygens (including phenoxy) is 3. The normalized spacial score (nSPS) is 12.9. The number of nitrogen functional groups attached to an aromatic ring is 1. The lowest BCUT2D eigenvalue weighted by Crippen LogP contribution is -2.44. The van der Waals surface area contributed by atoms with Gasteiger partial charge in [0.25, 0.3) is 0 Å². The number of carboxylic acids is 1. The van der Waals surface area contributed by atoms with Crippen molar-refractivity contribution >= 4 is 18.0 Å². The summed E-state index contributed by atoms with van der Waals surface area (Å²) in [5.41, 5.74) is 5.85. The number of carbonyl (C=O) groups is 2. The maximum Gasteiger partial charge on any atom is 0.429 e. The quantitative estimate of drug-likeness (QED) is 0.169. The molecule has 2 aromatic heterocycles. The van der Waals surface area contributed by atoms with Gasteiger partial charge in [0.15, 0.2) is 0 Å². The smallest absolute Gasteiger partial charge is 0.429 e. The molecule has 4 N–H and O–H groups in total. The van der Waals surface area contributed by atoms with Crippen LogP contribution in [0.15, 0.2) is 67.0 Å². The van der Waals surface area contributed by atoms with E-state index in [1.54, 1.807) is 39.0 Å². The Kier molecular flexibility index (Phi) is 10.2. The number of pyridine rings is 1. The number of alkyl halides is 3. The van der Waals surface area contributed by atoms with Crippen LogP contribution in [0.2, 0.25) is 0 Å². The zero-order valence-corrected chi connectivity index (χ0v) is 25.6. The molecule has 0 aliphatic heterocycles. The van der Waals surface area contributed by atoms with Crippen LogP contribution in [-0.2, 0) is 16.0 Å². The molecular weight excluding hydrogens is 626 g/mol. The van der Waals surface area contributed by atoms with Gasteiger partial charge >= 0.3 is 18.2 Å². The van der Waals surface area contributed by atoms with Crippen molar-refractivity contribution in [2.75, 3.05) is 12.8 Å². The second kappa shape index (κ2) is 13.9. The minimum atomic E-state index is -5.05. The van der Waals surface area contributed by atoms with Gasteiger partial charge in [-0.3, -0.25) is 4.98 Å². The Hall–Kier alpha value is -5.47. The molecular formula is C32H31F4N5O6. The van der Waals surface area contributed by atoms with E-state index in [9.17, 15) is 27.9 Å². The number of nitrogens with one attached hydrogen (secondary N) is 1. The molecule has 15 heteroatoms. The van der Waals surface area contributed by atoms with Crippen molar-refractivity contribution < 1.29 is 46.5 Å². The van der Waals surface area contributed by atoms with Gasteiger partial charge in [0.05, 0.1) is 19.0 Å². The van der Waals surface area contributed by atoms with E-state index < -0.39 is 59.2 Å². The maximum atomic E-state index is 15.2. The van der Waals surface area contributed by atoms with E-state index >= 15 is 4.39 Å². The average molecular weight is 658 g/mol. The first-order valence-electron chi connectivity index (χ1n) is 14.0. The van der Waals surface area contributed by atoms with E-state index in [1.165, 1.54) is 37.7 Å². The van der Waals surface area contributed by atoms with E-state index in [-0.39, 0.29) is 17.7 Å². The summed E-state index contributed by atoms with van der Waals surface area (Å²) in [6.45, 7) is 4.91. The molecule has 0 aliphatic rings. The van der Waals surface area contributed by atoms with Crippen LogP contribution in [0.25, 0.3) is 22.4 Å². The van der Waals surface area contributed by atoms with Crippen LogP contribution in [0.1, 0.15) is 38.0 Å². The molecule has 0 saturated carbocycles. The fraction of sp³-hybridized carbons (Fsp3) is 0.281. The summed E-state index contributed by atoms with van der Waals surface area (Å²) in [5, 5.41) is 11.9. The molecule has 0 spiro atoms. The summed E-state index contributed by atoms with van der Waals surface area (Å²) in [6, 6.07) is 10.7. The van der Waals surface area contributed by atoms with E-state index in [4.69, 9.17) is 19.9 Å². The van der Waals surface area contributed by atoms with Crippen LogP contribution in [0.3, 0.4) is 0 Å². The average Bonchev–Trinajstić information content (AvgIpc) is 2.98. The number of carbonyl (C=O) groups excluding carboxylic acids is 1. The summed E-state index contributed by atoms with van der Waals surface area (Å²) in [6.07, 6.45) is -5.93. The number of hydrogen-bond donors (Lipinski definition) is 3. The number of methoxy groups -OCH3 is 1.